The number of imidazole rings is 1. The summed E-state index contributed by atoms with van der Waals surface area (Å²) in [4.78, 5) is 12.8. The van der Waals surface area contributed by atoms with E-state index in [1.807, 2.05) is 12.3 Å². The zero-order chi connectivity index (χ0) is 15.6. The van der Waals surface area contributed by atoms with Crippen LogP contribution in [0.2, 0.25) is 0 Å². The van der Waals surface area contributed by atoms with Gasteiger partial charge >= 0.3 is 0 Å². The molecule has 1 aliphatic heterocycles. The van der Waals surface area contributed by atoms with Crippen molar-refractivity contribution in [3.8, 4) is 11.3 Å². The summed E-state index contributed by atoms with van der Waals surface area (Å²) in [6.07, 6.45) is 4.92. The van der Waals surface area contributed by atoms with Crippen LogP contribution in [0.1, 0.15) is 18.3 Å². The Bertz CT molecular complexity index is 804. The Hall–Kier alpha value is -1.76. The summed E-state index contributed by atoms with van der Waals surface area (Å²) in [5.74, 6) is 0. The average molecular weight is 328 g/mol. The second kappa shape index (κ2) is 6.39. The highest BCUT2D eigenvalue weighted by Gasteiger charge is 2.16. The minimum atomic E-state index is 0.831. The Balaban J connectivity index is 1.66. The van der Waals surface area contributed by atoms with Gasteiger partial charge in [-0.05, 0) is 18.6 Å². The number of hydrogen-bond donors (Lipinski definition) is 0. The third kappa shape index (κ3) is 2.89. The van der Waals surface area contributed by atoms with Crippen molar-refractivity contribution in [2.75, 3.05) is 26.3 Å². The van der Waals surface area contributed by atoms with Crippen LogP contribution in [0, 0.1) is 0 Å². The standard InChI is InChI=1S/C17H20N4OS/c1-2-15-14(4-3-5-18-15)16-11-21-13(12-23-17(21)19-16)10-20-6-8-22-9-7-20/h3-5,11-12H,2,6-10H2,1H3. The first-order valence-electron chi connectivity index (χ1n) is 8.05. The fourth-order valence-corrected chi connectivity index (χ4v) is 3.88. The summed E-state index contributed by atoms with van der Waals surface area (Å²) in [5, 5.41) is 2.21. The number of ether oxygens (including phenoxy) is 1. The van der Waals surface area contributed by atoms with Crippen LogP contribution in [0.5, 0.6) is 0 Å². The average Bonchev–Trinajstić information content (AvgIpc) is 3.18. The zero-order valence-corrected chi connectivity index (χ0v) is 14.1. The summed E-state index contributed by atoms with van der Waals surface area (Å²) >= 11 is 1.71. The van der Waals surface area contributed by atoms with Crippen molar-refractivity contribution in [2.24, 2.45) is 0 Å². The van der Waals surface area contributed by atoms with E-state index in [9.17, 15) is 0 Å². The summed E-state index contributed by atoms with van der Waals surface area (Å²) in [5.41, 5.74) is 4.56. The van der Waals surface area contributed by atoms with Crippen molar-refractivity contribution in [2.45, 2.75) is 19.9 Å². The topological polar surface area (TPSA) is 42.7 Å². The number of aryl methyl sites for hydroxylation is 1. The maximum absolute atomic E-state index is 5.43. The molecule has 0 atom stereocenters. The van der Waals surface area contributed by atoms with E-state index in [-0.39, 0.29) is 0 Å². The van der Waals surface area contributed by atoms with Crippen LogP contribution in [0.4, 0.5) is 0 Å². The zero-order valence-electron chi connectivity index (χ0n) is 13.2. The lowest BCUT2D eigenvalue weighted by Crippen LogP contribution is -2.35. The van der Waals surface area contributed by atoms with Crippen LogP contribution in [0.3, 0.4) is 0 Å². The molecule has 23 heavy (non-hydrogen) atoms. The highest BCUT2D eigenvalue weighted by Crippen LogP contribution is 2.26. The molecule has 1 aliphatic rings. The van der Waals surface area contributed by atoms with E-state index < -0.39 is 0 Å². The maximum Gasteiger partial charge on any atom is 0.194 e. The molecule has 4 heterocycles. The third-order valence-electron chi connectivity index (χ3n) is 4.27. The first kappa shape index (κ1) is 14.8. The summed E-state index contributed by atoms with van der Waals surface area (Å²) in [7, 11) is 0. The van der Waals surface area contributed by atoms with Gasteiger partial charge in [-0.15, -0.1) is 11.3 Å². The molecule has 0 radical (unpaired) electrons. The molecule has 4 rings (SSSR count). The van der Waals surface area contributed by atoms with Crippen LogP contribution in [-0.4, -0.2) is 45.6 Å². The van der Waals surface area contributed by atoms with Gasteiger partial charge in [-0.1, -0.05) is 6.92 Å². The van der Waals surface area contributed by atoms with Gasteiger partial charge in [0.1, 0.15) is 0 Å². The van der Waals surface area contributed by atoms with Crippen molar-refractivity contribution >= 4 is 16.3 Å². The molecule has 120 valence electrons. The quantitative estimate of drug-likeness (QED) is 0.738. The highest BCUT2D eigenvalue weighted by molar-refractivity contribution is 7.15. The first-order valence-corrected chi connectivity index (χ1v) is 8.93. The van der Waals surface area contributed by atoms with Gasteiger partial charge in [0.25, 0.3) is 0 Å². The number of rotatable bonds is 4. The van der Waals surface area contributed by atoms with E-state index in [2.05, 4.69) is 38.9 Å². The third-order valence-corrected chi connectivity index (χ3v) is 5.16. The van der Waals surface area contributed by atoms with E-state index in [0.717, 1.165) is 61.2 Å². The molecule has 6 heteroatoms. The van der Waals surface area contributed by atoms with E-state index in [1.165, 1.54) is 5.69 Å². The second-order valence-electron chi connectivity index (χ2n) is 5.75. The molecule has 0 aliphatic carbocycles. The molecule has 0 amide bonds. The number of aromatic nitrogens is 3. The SMILES string of the molecule is CCc1ncccc1-c1cn2c(CN3CCOCC3)csc2n1. The predicted octanol–water partition coefficient (Wildman–Crippen LogP) is 2.85. The number of pyridine rings is 1. The molecule has 0 spiro atoms. The molecule has 1 saturated heterocycles. The Morgan fingerprint density at radius 1 is 1.30 bits per heavy atom. The van der Waals surface area contributed by atoms with Crippen LogP contribution in [0.25, 0.3) is 16.2 Å². The molecule has 0 bridgehead atoms. The summed E-state index contributed by atoms with van der Waals surface area (Å²) in [6, 6.07) is 4.09. The van der Waals surface area contributed by atoms with Gasteiger partial charge in [-0.25, -0.2) is 4.98 Å². The van der Waals surface area contributed by atoms with Gasteiger partial charge in [0.05, 0.1) is 18.9 Å². The Morgan fingerprint density at radius 2 is 2.17 bits per heavy atom. The van der Waals surface area contributed by atoms with Crippen molar-refractivity contribution in [1.82, 2.24) is 19.3 Å². The van der Waals surface area contributed by atoms with Crippen molar-refractivity contribution in [3.05, 3.63) is 41.3 Å². The van der Waals surface area contributed by atoms with Gasteiger partial charge in [-0.2, -0.15) is 0 Å². The molecule has 5 nitrogen and oxygen atoms in total. The monoisotopic (exact) mass is 328 g/mol. The van der Waals surface area contributed by atoms with E-state index in [4.69, 9.17) is 9.72 Å². The van der Waals surface area contributed by atoms with Gasteiger partial charge in [-0.3, -0.25) is 14.3 Å². The molecule has 3 aromatic rings. The van der Waals surface area contributed by atoms with E-state index in [1.54, 1.807) is 11.3 Å². The fourth-order valence-electron chi connectivity index (χ4n) is 3.01. The Labute approximate surface area is 139 Å². The van der Waals surface area contributed by atoms with E-state index in [0.29, 0.717) is 0 Å². The largest absolute Gasteiger partial charge is 0.379 e. The molecular formula is C17H20N4OS. The van der Waals surface area contributed by atoms with Crippen LogP contribution >= 0.6 is 11.3 Å². The molecule has 0 N–H and O–H groups in total. The summed E-state index contributed by atoms with van der Waals surface area (Å²) < 4.78 is 7.65. The first-order chi connectivity index (χ1) is 11.3. The van der Waals surface area contributed by atoms with Crippen LogP contribution in [-0.2, 0) is 17.7 Å². The second-order valence-corrected chi connectivity index (χ2v) is 6.58. The predicted molar refractivity (Wildman–Crippen MR) is 91.8 cm³/mol. The lowest BCUT2D eigenvalue weighted by molar-refractivity contribution is 0.0336. The van der Waals surface area contributed by atoms with Gasteiger partial charge in [0.2, 0.25) is 0 Å². The summed E-state index contributed by atoms with van der Waals surface area (Å²) in [6.45, 7) is 6.75. The van der Waals surface area contributed by atoms with Crippen LogP contribution < -0.4 is 0 Å². The normalized spacial score (nSPS) is 16.2. The van der Waals surface area contributed by atoms with Gasteiger partial charge in [0, 0.05) is 54.4 Å². The minimum Gasteiger partial charge on any atom is -0.379 e. The molecule has 1 fully saturated rings. The number of morpholine rings is 1. The van der Waals surface area contributed by atoms with E-state index >= 15 is 0 Å². The van der Waals surface area contributed by atoms with Crippen molar-refractivity contribution < 1.29 is 4.74 Å². The fraction of sp³-hybridized carbons (Fsp3) is 0.412. The molecular weight excluding hydrogens is 308 g/mol. The Morgan fingerprint density at radius 3 is 3.00 bits per heavy atom. The lowest BCUT2D eigenvalue weighted by Gasteiger charge is -2.26. The molecule has 0 unspecified atom stereocenters. The lowest BCUT2D eigenvalue weighted by atomic mass is 10.1. The Kier molecular flexibility index (Phi) is 4.11. The number of hydrogen-bond acceptors (Lipinski definition) is 5. The smallest absolute Gasteiger partial charge is 0.194 e. The molecule has 0 saturated carbocycles. The van der Waals surface area contributed by atoms with Crippen molar-refractivity contribution in [3.63, 3.8) is 0 Å². The molecule has 0 aromatic carbocycles. The number of nitrogens with zero attached hydrogens (tertiary/aromatic N) is 4. The maximum atomic E-state index is 5.43. The van der Waals surface area contributed by atoms with Crippen LogP contribution in [0.15, 0.2) is 29.9 Å². The van der Waals surface area contributed by atoms with Gasteiger partial charge in [0.15, 0.2) is 4.96 Å². The number of thiazole rings is 1. The molecule has 3 aromatic heterocycles. The highest BCUT2D eigenvalue weighted by atomic mass is 32.1. The number of fused-ring (bicyclic) bond motifs is 1. The van der Waals surface area contributed by atoms with Gasteiger partial charge < -0.3 is 4.74 Å². The van der Waals surface area contributed by atoms with Crippen molar-refractivity contribution in [1.29, 1.82) is 0 Å². The minimum absolute atomic E-state index is 0.831.